The number of amides is 4. The molecule has 4 amide bonds. The number of hydrogen-bond donors (Lipinski definition) is 3. The average molecular weight is 1070 g/mol. The number of nitrogens with zero attached hydrogens (tertiary/aromatic N) is 8. The molecule has 4 heterocycles. The maximum absolute atomic E-state index is 15.2. The van der Waals surface area contributed by atoms with E-state index in [-0.39, 0.29) is 61.7 Å². The van der Waals surface area contributed by atoms with E-state index < -0.39 is 23.2 Å². The first-order chi connectivity index (χ1) is 34.2. The third-order valence-electron chi connectivity index (χ3n) is 10.3. The lowest BCUT2D eigenvalue weighted by molar-refractivity contribution is 0.248. The highest BCUT2D eigenvalue weighted by atomic mass is 35.5. The lowest BCUT2D eigenvalue weighted by Crippen LogP contribution is -2.55. The summed E-state index contributed by atoms with van der Waals surface area (Å²) < 4.78 is 7.72. The fraction of sp³-hybridized carbons (Fsp3) is 0.102. The molecule has 0 saturated carbocycles. The Morgan fingerprint density at radius 3 is 1.39 bits per heavy atom. The Labute approximate surface area is 434 Å². The summed E-state index contributed by atoms with van der Waals surface area (Å²) in [6.45, 7) is 3.63. The minimum Gasteiger partial charge on any atom is -0.508 e. The highest BCUT2D eigenvalue weighted by Gasteiger charge is 2.37. The molecule has 0 spiro atoms. The molecule has 0 unspecified atom stereocenters. The minimum atomic E-state index is -1.17. The zero-order valence-electron chi connectivity index (χ0n) is 37.5. The number of urea groups is 2. The predicted octanol–water partition coefficient (Wildman–Crippen LogP) is 12.3. The summed E-state index contributed by atoms with van der Waals surface area (Å²) in [6.07, 6.45) is 4.73. The topological polar surface area (TPSA) is 190 Å². The highest BCUT2D eigenvalue weighted by molar-refractivity contribution is 7.99. The number of carbonyl (C=O) groups excluding carboxylic acids is 2. The van der Waals surface area contributed by atoms with Crippen molar-refractivity contribution in [2.45, 2.75) is 46.5 Å². The Bertz CT molecular complexity index is 3420. The van der Waals surface area contributed by atoms with Crippen LogP contribution >= 0.6 is 69.9 Å². The Morgan fingerprint density at radius 2 is 0.986 bits per heavy atom. The number of rotatable bonds is 13. The fourth-order valence-corrected chi connectivity index (χ4v) is 9.94. The zero-order chi connectivity index (χ0) is 50.3. The number of anilines is 4. The second kappa shape index (κ2) is 22.4. The monoisotopic (exact) mass is 1070 g/mol. The molecule has 8 rings (SSSR count). The number of nitrogens with one attached hydrogen (secondary N) is 2. The SMILES string of the molecule is CCn1nc(-c2cccc(Sc3cccc(O)c3)c2)cc(NC(=O)N(c2c(Cl)cncc2Cl)N(C(=O)Nc2cc(-c3cccc(Sc4cccc(OC)c4)c3)nn(CC)c2=O)c2c(Cl)cncc2Cl)c1=O. The second-order valence-electron chi connectivity index (χ2n) is 15.0. The molecule has 0 radical (unpaired) electrons. The number of benzene rings is 4. The molecule has 0 fully saturated rings. The van der Waals surface area contributed by atoms with E-state index in [0.717, 1.165) is 34.3 Å². The molecule has 71 heavy (non-hydrogen) atoms. The third-order valence-corrected chi connectivity index (χ3v) is 13.4. The first-order valence-corrected chi connectivity index (χ1v) is 24.4. The van der Waals surface area contributed by atoms with Crippen molar-refractivity contribution < 1.29 is 19.4 Å². The fourth-order valence-electron chi connectivity index (χ4n) is 7.03. The van der Waals surface area contributed by atoms with Crippen molar-refractivity contribution in [3.63, 3.8) is 0 Å². The second-order valence-corrected chi connectivity index (χ2v) is 18.9. The molecule has 0 bridgehead atoms. The van der Waals surface area contributed by atoms with Gasteiger partial charge in [0.25, 0.3) is 11.1 Å². The van der Waals surface area contributed by atoms with Crippen LogP contribution in [-0.2, 0) is 13.1 Å². The molecule has 3 N–H and O–H groups in total. The Kier molecular flexibility index (Phi) is 15.8. The Morgan fingerprint density at radius 1 is 0.592 bits per heavy atom. The lowest BCUT2D eigenvalue weighted by Gasteiger charge is -2.36. The molecule has 22 heteroatoms. The molecular formula is C49H38Cl4N10O6S2. The van der Waals surface area contributed by atoms with Crippen molar-refractivity contribution in [2.24, 2.45) is 0 Å². The number of phenolic OH excluding ortho intramolecular Hbond substituents is 1. The minimum absolute atomic E-state index is 0.102. The molecule has 8 aromatic rings. The van der Waals surface area contributed by atoms with Crippen molar-refractivity contribution in [3.05, 3.63) is 175 Å². The van der Waals surface area contributed by atoms with Crippen LogP contribution in [0.3, 0.4) is 0 Å². The van der Waals surface area contributed by atoms with Crippen LogP contribution in [0.1, 0.15) is 13.8 Å². The molecule has 360 valence electrons. The summed E-state index contributed by atoms with van der Waals surface area (Å²) >= 11 is 30.0. The number of hydrogen-bond acceptors (Lipinski definition) is 12. The van der Waals surface area contributed by atoms with E-state index in [9.17, 15) is 14.7 Å². The van der Waals surface area contributed by atoms with Crippen LogP contribution in [-0.4, -0.2) is 53.8 Å². The van der Waals surface area contributed by atoms with Gasteiger partial charge in [0.05, 0.1) is 38.6 Å². The summed E-state index contributed by atoms with van der Waals surface area (Å²) in [6, 6.07) is 29.5. The standard InChI is InChI=1S/C49H38Cl4N10O6S2/c1-4-60-46(65)42(22-40(58-60)28-10-6-14-32(18-28)70-34-16-8-12-30(64)20-34)56-48(67)62(44-36(50)24-54-25-37(44)51)63(45-38(52)26-55-27-39(45)53)49(68)57-43-23-41(59-61(5-2)47(43)66)29-11-7-15-33(19-29)71-35-17-9-13-31(21-35)69-3/h6-27,64H,4-5H2,1-3H3,(H,56,67)(H,57,68). The van der Waals surface area contributed by atoms with Gasteiger partial charge in [0.2, 0.25) is 0 Å². The van der Waals surface area contributed by atoms with Crippen LogP contribution in [0.25, 0.3) is 22.5 Å². The van der Waals surface area contributed by atoms with Crippen LogP contribution < -0.4 is 36.5 Å². The molecule has 0 saturated heterocycles. The van der Waals surface area contributed by atoms with Gasteiger partial charge in [-0.05, 0) is 86.6 Å². The predicted molar refractivity (Wildman–Crippen MR) is 280 cm³/mol. The van der Waals surface area contributed by atoms with Crippen molar-refractivity contribution in [3.8, 4) is 34.0 Å². The number of aromatic hydroxyl groups is 1. The summed E-state index contributed by atoms with van der Waals surface area (Å²) in [7, 11) is 1.59. The largest absolute Gasteiger partial charge is 0.508 e. The molecule has 0 aliphatic carbocycles. The number of ether oxygens (including phenoxy) is 1. The van der Waals surface area contributed by atoms with Crippen molar-refractivity contribution in [1.29, 1.82) is 0 Å². The maximum atomic E-state index is 15.2. The van der Waals surface area contributed by atoms with Gasteiger partial charge in [-0.1, -0.05) is 106 Å². The van der Waals surface area contributed by atoms with Crippen molar-refractivity contribution >= 4 is 105 Å². The number of carbonyl (C=O) groups is 2. The quantitative estimate of drug-likeness (QED) is 0.0928. The Hall–Kier alpha value is -7.06. The smallest absolute Gasteiger partial charge is 0.346 e. The maximum Gasteiger partial charge on any atom is 0.346 e. The van der Waals surface area contributed by atoms with Crippen LogP contribution in [0.4, 0.5) is 32.3 Å². The van der Waals surface area contributed by atoms with Gasteiger partial charge in [-0.15, -0.1) is 0 Å². The summed E-state index contributed by atoms with van der Waals surface area (Å²) in [5, 5.41) is 25.0. The number of halogens is 4. The van der Waals surface area contributed by atoms with Gasteiger partial charge >= 0.3 is 12.1 Å². The lowest BCUT2D eigenvalue weighted by atomic mass is 10.1. The Balaban J connectivity index is 1.21. The summed E-state index contributed by atoms with van der Waals surface area (Å²) in [5.41, 5.74) is -0.687. The van der Waals surface area contributed by atoms with E-state index in [0.29, 0.717) is 28.3 Å². The molecule has 4 aromatic heterocycles. The first kappa shape index (κ1) is 50.3. The van der Waals surface area contributed by atoms with E-state index in [1.54, 1.807) is 57.4 Å². The van der Waals surface area contributed by atoms with Gasteiger partial charge in [-0.2, -0.15) is 20.2 Å². The van der Waals surface area contributed by atoms with E-state index in [4.69, 9.17) is 51.1 Å². The molecule has 0 aliphatic heterocycles. The van der Waals surface area contributed by atoms with Crippen LogP contribution in [0.15, 0.2) is 163 Å². The van der Waals surface area contributed by atoms with Gasteiger partial charge in [0.15, 0.2) is 0 Å². The van der Waals surface area contributed by atoms with Crippen molar-refractivity contribution in [1.82, 2.24) is 29.5 Å². The highest BCUT2D eigenvalue weighted by Crippen LogP contribution is 2.41. The van der Waals surface area contributed by atoms with Crippen LogP contribution in [0.5, 0.6) is 11.5 Å². The summed E-state index contributed by atoms with van der Waals surface area (Å²) in [5.74, 6) is 0.808. The molecule has 16 nitrogen and oxygen atoms in total. The van der Waals surface area contributed by atoms with Gasteiger partial charge in [-0.25, -0.2) is 19.0 Å². The number of methoxy groups -OCH3 is 1. The molecule has 0 aliphatic rings. The van der Waals surface area contributed by atoms with Gasteiger partial charge < -0.3 is 20.5 Å². The number of aryl methyl sites for hydroxylation is 2. The van der Waals surface area contributed by atoms with E-state index in [1.807, 2.05) is 60.7 Å². The molecular weight excluding hydrogens is 1030 g/mol. The van der Waals surface area contributed by atoms with Crippen LogP contribution in [0.2, 0.25) is 20.1 Å². The van der Waals surface area contributed by atoms with Gasteiger partial charge in [0.1, 0.15) is 34.2 Å². The third kappa shape index (κ3) is 11.4. The number of aromatic nitrogens is 6. The van der Waals surface area contributed by atoms with Crippen molar-refractivity contribution in [2.75, 3.05) is 27.8 Å². The zero-order valence-corrected chi connectivity index (χ0v) is 42.2. The van der Waals surface area contributed by atoms with E-state index in [1.165, 1.54) is 65.1 Å². The van der Waals surface area contributed by atoms with E-state index >= 15 is 9.59 Å². The summed E-state index contributed by atoms with van der Waals surface area (Å²) in [4.78, 5) is 69.9. The number of hydrazine groups is 1. The normalized spacial score (nSPS) is 11.0. The van der Waals surface area contributed by atoms with E-state index in [2.05, 4.69) is 30.8 Å². The number of phenols is 1. The molecule has 0 atom stereocenters. The van der Waals surface area contributed by atoms with Gasteiger partial charge in [0, 0.05) is 68.6 Å². The number of pyridine rings is 2. The van der Waals surface area contributed by atoms with Crippen LogP contribution in [0, 0.1) is 0 Å². The van der Waals surface area contributed by atoms with Gasteiger partial charge in [-0.3, -0.25) is 19.6 Å². The average Bonchev–Trinajstić information content (AvgIpc) is 3.35. The molecule has 4 aromatic carbocycles. The first-order valence-electron chi connectivity index (χ1n) is 21.3.